The van der Waals surface area contributed by atoms with Gasteiger partial charge in [-0.1, -0.05) is 0 Å². The molecule has 1 aromatic rings. The predicted molar refractivity (Wildman–Crippen MR) is 88.5 cm³/mol. The highest BCUT2D eigenvalue weighted by Gasteiger charge is 2.12. The number of aromatic nitrogens is 2. The van der Waals surface area contributed by atoms with E-state index in [1.54, 1.807) is 19.4 Å². The molecule has 0 aromatic carbocycles. The van der Waals surface area contributed by atoms with Crippen LogP contribution in [0.25, 0.3) is 0 Å². The molecule has 0 unspecified atom stereocenters. The molecule has 9 nitrogen and oxygen atoms in total. The summed E-state index contributed by atoms with van der Waals surface area (Å²) < 4.78 is 1.50. The fourth-order valence-electron chi connectivity index (χ4n) is 2.43. The van der Waals surface area contributed by atoms with Crippen molar-refractivity contribution >= 4 is 24.0 Å². The second kappa shape index (κ2) is 11.2. The molecule has 2 rings (SSSR count). The quantitative estimate of drug-likeness (QED) is 0.609. The zero-order valence-electron chi connectivity index (χ0n) is 13.9. The Bertz CT molecular complexity index is 526. The number of anilines is 1. The highest BCUT2D eigenvalue weighted by atomic mass is 16.3. The van der Waals surface area contributed by atoms with Gasteiger partial charge in [-0.15, -0.1) is 0 Å². The Morgan fingerprint density at radius 1 is 1.33 bits per heavy atom. The summed E-state index contributed by atoms with van der Waals surface area (Å²) in [5.41, 5.74) is 0.630. The third kappa shape index (κ3) is 7.73. The first-order valence-electron chi connectivity index (χ1n) is 7.92. The van der Waals surface area contributed by atoms with Crippen LogP contribution in [0, 0.1) is 0 Å². The lowest BCUT2D eigenvalue weighted by molar-refractivity contribution is -0.123. The van der Waals surface area contributed by atoms with Gasteiger partial charge >= 0.3 is 0 Å². The van der Waals surface area contributed by atoms with Crippen molar-refractivity contribution in [2.75, 3.05) is 32.0 Å². The molecule has 9 heteroatoms. The smallest absolute Gasteiger partial charge is 0.290 e. The van der Waals surface area contributed by atoms with E-state index in [-0.39, 0.29) is 24.8 Å². The van der Waals surface area contributed by atoms with Gasteiger partial charge in [0.1, 0.15) is 6.54 Å². The molecule has 0 saturated carbocycles. The third-order valence-corrected chi connectivity index (χ3v) is 3.58. The third-order valence-electron chi connectivity index (χ3n) is 3.58. The van der Waals surface area contributed by atoms with E-state index in [1.807, 2.05) is 0 Å². The molecule has 24 heavy (non-hydrogen) atoms. The fourth-order valence-corrected chi connectivity index (χ4v) is 2.43. The van der Waals surface area contributed by atoms with Crippen molar-refractivity contribution < 1.29 is 19.5 Å². The Hall–Kier alpha value is -2.42. The molecule has 1 saturated heterocycles. The van der Waals surface area contributed by atoms with Crippen molar-refractivity contribution in [2.45, 2.75) is 32.2 Å². The fraction of sp³-hybridized carbons (Fsp3) is 0.600. The molecule has 0 bridgehead atoms. The Labute approximate surface area is 141 Å². The minimum atomic E-state index is -0.250. The van der Waals surface area contributed by atoms with Crippen molar-refractivity contribution in [2.24, 2.45) is 0 Å². The molecule has 2 heterocycles. The average molecular weight is 339 g/mol. The molecule has 0 aliphatic carbocycles. The lowest BCUT2D eigenvalue weighted by Gasteiger charge is -2.13. The lowest BCUT2D eigenvalue weighted by Crippen LogP contribution is -2.23. The Balaban J connectivity index is 0.000000891. The summed E-state index contributed by atoms with van der Waals surface area (Å²) in [5.74, 6) is -0.129. The van der Waals surface area contributed by atoms with E-state index in [2.05, 4.69) is 20.6 Å². The van der Waals surface area contributed by atoms with Gasteiger partial charge in [0.05, 0.1) is 11.9 Å². The minimum Gasteiger partial charge on any atom is -0.483 e. The zero-order chi connectivity index (χ0) is 17.8. The number of carbonyl (C=O) groups excluding carboxylic acids is 2. The molecule has 134 valence electrons. The SMILES string of the molecule is CNC(=O)Cn1cc(NC(=O)CCCN2CCCC2)cn1.O=CO. The number of carbonyl (C=O) groups is 3. The van der Waals surface area contributed by atoms with E-state index >= 15 is 0 Å². The molecule has 3 N–H and O–H groups in total. The van der Waals surface area contributed by atoms with Crippen LogP contribution in [0.3, 0.4) is 0 Å². The van der Waals surface area contributed by atoms with E-state index in [9.17, 15) is 9.59 Å². The molecule has 0 atom stereocenters. The van der Waals surface area contributed by atoms with Crippen LogP contribution >= 0.6 is 0 Å². The Morgan fingerprint density at radius 3 is 2.62 bits per heavy atom. The van der Waals surface area contributed by atoms with Crippen LogP contribution in [0.15, 0.2) is 12.4 Å². The van der Waals surface area contributed by atoms with Crippen LogP contribution in [-0.4, -0.2) is 64.8 Å². The zero-order valence-corrected chi connectivity index (χ0v) is 13.9. The number of hydrogen-bond donors (Lipinski definition) is 3. The lowest BCUT2D eigenvalue weighted by atomic mass is 10.3. The number of carboxylic acid groups (broad SMARTS) is 1. The highest BCUT2D eigenvalue weighted by molar-refractivity contribution is 5.90. The van der Waals surface area contributed by atoms with Gasteiger partial charge in [-0.2, -0.15) is 5.10 Å². The maximum Gasteiger partial charge on any atom is 0.290 e. The van der Waals surface area contributed by atoms with Crippen LogP contribution in [-0.2, 0) is 20.9 Å². The van der Waals surface area contributed by atoms with Gasteiger partial charge in [0.15, 0.2) is 0 Å². The number of amides is 2. The molecule has 2 amide bonds. The molecule has 0 spiro atoms. The number of nitrogens with one attached hydrogen (secondary N) is 2. The van der Waals surface area contributed by atoms with Gasteiger partial charge in [0.25, 0.3) is 6.47 Å². The monoisotopic (exact) mass is 339 g/mol. The van der Waals surface area contributed by atoms with Crippen molar-refractivity contribution in [3.8, 4) is 0 Å². The van der Waals surface area contributed by atoms with Crippen molar-refractivity contribution in [3.05, 3.63) is 12.4 Å². The second-order valence-corrected chi connectivity index (χ2v) is 5.41. The van der Waals surface area contributed by atoms with E-state index < -0.39 is 0 Å². The second-order valence-electron chi connectivity index (χ2n) is 5.41. The van der Waals surface area contributed by atoms with Gasteiger partial charge in [-0.05, 0) is 38.9 Å². The summed E-state index contributed by atoms with van der Waals surface area (Å²) in [6.45, 7) is 3.21. The number of rotatable bonds is 7. The molecule has 1 aliphatic rings. The summed E-state index contributed by atoms with van der Waals surface area (Å²) in [6, 6.07) is 0. The normalized spacial score (nSPS) is 13.7. The van der Waals surface area contributed by atoms with Crippen LogP contribution in [0.2, 0.25) is 0 Å². The van der Waals surface area contributed by atoms with Crippen LogP contribution in [0.1, 0.15) is 25.7 Å². The first-order valence-corrected chi connectivity index (χ1v) is 7.92. The number of likely N-dealkylation sites (N-methyl/N-ethyl adjacent to an activating group) is 1. The molecule has 0 radical (unpaired) electrons. The van der Waals surface area contributed by atoms with Crippen LogP contribution < -0.4 is 10.6 Å². The molecule has 1 aromatic heterocycles. The van der Waals surface area contributed by atoms with E-state index in [4.69, 9.17) is 9.90 Å². The highest BCUT2D eigenvalue weighted by Crippen LogP contribution is 2.09. The van der Waals surface area contributed by atoms with Gasteiger partial charge in [-0.25, -0.2) is 0 Å². The maximum atomic E-state index is 11.8. The first-order chi connectivity index (χ1) is 11.6. The van der Waals surface area contributed by atoms with Gasteiger partial charge in [0, 0.05) is 19.7 Å². The van der Waals surface area contributed by atoms with Crippen molar-refractivity contribution in [1.29, 1.82) is 0 Å². The summed E-state index contributed by atoms with van der Waals surface area (Å²) >= 11 is 0. The van der Waals surface area contributed by atoms with E-state index in [1.165, 1.54) is 17.5 Å². The summed E-state index contributed by atoms with van der Waals surface area (Å²) in [4.78, 5) is 33.8. The van der Waals surface area contributed by atoms with E-state index in [0.29, 0.717) is 12.1 Å². The van der Waals surface area contributed by atoms with Crippen LogP contribution in [0.5, 0.6) is 0 Å². The average Bonchev–Trinajstić information content (AvgIpc) is 3.20. The largest absolute Gasteiger partial charge is 0.483 e. The molecule has 1 aliphatic heterocycles. The molecular weight excluding hydrogens is 314 g/mol. The van der Waals surface area contributed by atoms with Gasteiger partial charge in [0.2, 0.25) is 11.8 Å². The summed E-state index contributed by atoms with van der Waals surface area (Å²) in [7, 11) is 1.58. The summed E-state index contributed by atoms with van der Waals surface area (Å²) in [6.07, 6.45) is 7.15. The topological polar surface area (TPSA) is 117 Å². The van der Waals surface area contributed by atoms with Crippen molar-refractivity contribution in [3.63, 3.8) is 0 Å². The van der Waals surface area contributed by atoms with Crippen LogP contribution in [0.4, 0.5) is 5.69 Å². The first kappa shape index (κ1) is 19.6. The van der Waals surface area contributed by atoms with Crippen molar-refractivity contribution in [1.82, 2.24) is 20.0 Å². The summed E-state index contributed by atoms with van der Waals surface area (Å²) in [5, 5.41) is 16.3. The maximum absolute atomic E-state index is 11.8. The van der Waals surface area contributed by atoms with Gasteiger partial charge < -0.3 is 20.6 Å². The van der Waals surface area contributed by atoms with Gasteiger partial charge in [-0.3, -0.25) is 19.1 Å². The number of nitrogens with zero attached hydrogens (tertiary/aromatic N) is 3. The molecule has 1 fully saturated rings. The Kier molecular flexibility index (Phi) is 9.13. The standard InChI is InChI=1S/C14H23N5O2.CH2O2/c1-15-14(21)11-19-10-12(9-16-19)17-13(20)5-4-8-18-6-2-3-7-18;2-1-3/h9-10H,2-8,11H2,1H3,(H,15,21)(H,17,20);1H,(H,2,3). The number of likely N-dealkylation sites (tertiary alicyclic amines) is 1. The van der Waals surface area contributed by atoms with E-state index in [0.717, 1.165) is 26.1 Å². The Morgan fingerprint density at radius 2 is 2.00 bits per heavy atom. The molecular formula is C15H25N5O4. The predicted octanol–water partition coefficient (Wildman–Crippen LogP) is 0.144. The minimum absolute atomic E-state index is 0.00584. The number of hydrogen-bond acceptors (Lipinski definition) is 5.